The van der Waals surface area contributed by atoms with Gasteiger partial charge in [-0.15, -0.1) is 0 Å². The molecule has 0 aliphatic carbocycles. The summed E-state index contributed by atoms with van der Waals surface area (Å²) in [5.41, 5.74) is 1.79. The highest BCUT2D eigenvalue weighted by molar-refractivity contribution is 6.46. The van der Waals surface area contributed by atoms with Crippen LogP contribution < -0.4 is 4.90 Å². The third-order valence-electron chi connectivity index (χ3n) is 5.67. The van der Waals surface area contributed by atoms with Gasteiger partial charge in [-0.2, -0.15) is 0 Å². The fourth-order valence-corrected chi connectivity index (χ4v) is 3.91. The fraction of sp³-hybridized carbons (Fsp3) is 0.320. The van der Waals surface area contributed by atoms with Gasteiger partial charge in [-0.3, -0.25) is 14.4 Å². The van der Waals surface area contributed by atoms with Crippen LogP contribution in [0.1, 0.15) is 42.9 Å². The molecule has 2 aromatic carbocycles. The van der Waals surface area contributed by atoms with Crippen molar-refractivity contribution in [3.8, 4) is 0 Å². The lowest BCUT2D eigenvalue weighted by molar-refractivity contribution is -0.140. The first-order chi connectivity index (χ1) is 15.7. The second-order valence-corrected chi connectivity index (χ2v) is 8.19. The number of ketones is 1. The van der Waals surface area contributed by atoms with Crippen molar-refractivity contribution in [1.29, 1.82) is 0 Å². The summed E-state index contributed by atoms with van der Waals surface area (Å²) in [6, 6.07) is 11.6. The van der Waals surface area contributed by atoms with Crippen molar-refractivity contribution < 1.29 is 29.0 Å². The Balaban J connectivity index is 1.98. The predicted molar refractivity (Wildman–Crippen MR) is 122 cm³/mol. The highest BCUT2D eigenvalue weighted by atomic mass is 19.1. The van der Waals surface area contributed by atoms with Crippen molar-refractivity contribution in [1.82, 2.24) is 4.90 Å². The van der Waals surface area contributed by atoms with Gasteiger partial charge in [0.15, 0.2) is 0 Å². The van der Waals surface area contributed by atoms with Gasteiger partial charge in [-0.05, 0) is 54.8 Å². The van der Waals surface area contributed by atoms with Crippen LogP contribution in [0.25, 0.3) is 5.76 Å². The van der Waals surface area contributed by atoms with Crippen molar-refractivity contribution in [2.24, 2.45) is 0 Å². The molecule has 0 spiro atoms. The molecular formula is C25H27FN2O5. The van der Waals surface area contributed by atoms with Crippen LogP contribution >= 0.6 is 0 Å². The van der Waals surface area contributed by atoms with Crippen molar-refractivity contribution in [3.05, 3.63) is 71.0 Å². The lowest BCUT2D eigenvalue weighted by atomic mass is 9.95. The van der Waals surface area contributed by atoms with Crippen molar-refractivity contribution in [2.45, 2.75) is 31.7 Å². The number of amides is 1. The van der Waals surface area contributed by atoms with Crippen molar-refractivity contribution in [3.63, 3.8) is 0 Å². The lowest BCUT2D eigenvalue weighted by Crippen LogP contribution is -2.30. The SMILES string of the molecule is CN(C)c1ccc([C@H]2C(=C(O)c3ccc(F)cc3)C(=O)C(=O)N2CCCCCC(=O)O)cc1. The van der Waals surface area contributed by atoms with E-state index in [9.17, 15) is 23.9 Å². The van der Waals surface area contributed by atoms with E-state index in [1.165, 1.54) is 29.2 Å². The third-order valence-corrected chi connectivity index (χ3v) is 5.67. The Morgan fingerprint density at radius 1 is 0.970 bits per heavy atom. The molecule has 0 aromatic heterocycles. The van der Waals surface area contributed by atoms with E-state index in [4.69, 9.17) is 5.11 Å². The molecule has 1 aliphatic rings. The minimum absolute atomic E-state index is 0.0405. The topological polar surface area (TPSA) is 98.2 Å². The number of rotatable bonds is 9. The summed E-state index contributed by atoms with van der Waals surface area (Å²) in [5.74, 6) is -3.24. The van der Waals surface area contributed by atoms with Crippen LogP contribution in [0.2, 0.25) is 0 Å². The first-order valence-electron chi connectivity index (χ1n) is 10.7. The monoisotopic (exact) mass is 454 g/mol. The van der Waals surface area contributed by atoms with Gasteiger partial charge in [0, 0.05) is 38.3 Å². The molecule has 3 rings (SSSR count). The molecule has 0 saturated carbocycles. The minimum Gasteiger partial charge on any atom is -0.507 e. The average molecular weight is 454 g/mol. The second kappa shape index (κ2) is 10.3. The quantitative estimate of drug-likeness (QED) is 0.258. The summed E-state index contributed by atoms with van der Waals surface area (Å²) in [6.45, 7) is 0.241. The zero-order chi connectivity index (χ0) is 24.1. The van der Waals surface area contributed by atoms with E-state index >= 15 is 0 Å². The Bertz CT molecular complexity index is 1060. The van der Waals surface area contributed by atoms with E-state index in [0.29, 0.717) is 24.8 Å². The first kappa shape index (κ1) is 24.0. The van der Waals surface area contributed by atoms with Crippen LogP contribution in [0.5, 0.6) is 0 Å². The molecule has 2 N–H and O–H groups in total. The number of carboxylic acid groups (broad SMARTS) is 1. The van der Waals surface area contributed by atoms with Crippen LogP contribution in [-0.4, -0.2) is 53.4 Å². The van der Waals surface area contributed by atoms with Crippen LogP contribution in [0.3, 0.4) is 0 Å². The van der Waals surface area contributed by atoms with Crippen LogP contribution in [0.15, 0.2) is 54.1 Å². The number of aliphatic hydroxyl groups excluding tert-OH is 1. The predicted octanol–water partition coefficient (Wildman–Crippen LogP) is 3.96. The fourth-order valence-electron chi connectivity index (χ4n) is 3.91. The number of benzene rings is 2. The van der Waals surface area contributed by atoms with Crippen LogP contribution in [-0.2, 0) is 14.4 Å². The van der Waals surface area contributed by atoms with E-state index in [2.05, 4.69) is 0 Å². The van der Waals surface area contributed by atoms with Gasteiger partial charge in [0.2, 0.25) is 0 Å². The molecule has 8 heteroatoms. The number of hydrogen-bond donors (Lipinski definition) is 2. The van der Waals surface area contributed by atoms with E-state index in [1.54, 1.807) is 12.1 Å². The Labute approximate surface area is 191 Å². The number of carbonyl (C=O) groups is 3. The third kappa shape index (κ3) is 5.39. The molecule has 0 bridgehead atoms. The molecule has 174 valence electrons. The number of carboxylic acids is 1. The number of anilines is 1. The summed E-state index contributed by atoms with van der Waals surface area (Å²) in [6.07, 6.45) is 1.61. The molecule has 1 heterocycles. The number of halogens is 1. The summed E-state index contributed by atoms with van der Waals surface area (Å²) >= 11 is 0. The first-order valence-corrected chi connectivity index (χ1v) is 10.7. The molecule has 1 atom stereocenters. The highest BCUT2D eigenvalue weighted by Crippen LogP contribution is 2.40. The average Bonchev–Trinajstić information content (AvgIpc) is 3.03. The van der Waals surface area contributed by atoms with E-state index in [-0.39, 0.29) is 29.9 Å². The van der Waals surface area contributed by atoms with Crippen molar-refractivity contribution >= 4 is 29.1 Å². The molecule has 0 unspecified atom stereocenters. The summed E-state index contributed by atoms with van der Waals surface area (Å²) < 4.78 is 13.4. The molecule has 33 heavy (non-hydrogen) atoms. The van der Waals surface area contributed by atoms with E-state index < -0.39 is 29.5 Å². The number of aliphatic hydroxyl groups is 1. The maximum atomic E-state index is 13.4. The van der Waals surface area contributed by atoms with Gasteiger partial charge in [-0.1, -0.05) is 18.6 Å². The van der Waals surface area contributed by atoms with Gasteiger partial charge in [0.25, 0.3) is 11.7 Å². The summed E-state index contributed by atoms with van der Waals surface area (Å²) in [5, 5.41) is 19.8. The standard InChI is InChI=1S/C25H27FN2O5/c1-27(2)19-13-9-16(10-14-19)22-21(23(31)17-7-11-18(26)12-8-17)24(32)25(33)28(22)15-5-3-4-6-20(29)30/h7-14,22,31H,3-6,15H2,1-2H3,(H,29,30)/t22-/m0/s1. The smallest absolute Gasteiger partial charge is 0.303 e. The van der Waals surface area contributed by atoms with Gasteiger partial charge < -0.3 is 20.0 Å². The van der Waals surface area contributed by atoms with E-state index in [0.717, 1.165) is 5.69 Å². The summed E-state index contributed by atoms with van der Waals surface area (Å²) in [7, 11) is 3.79. The maximum Gasteiger partial charge on any atom is 0.303 e. The molecule has 1 fully saturated rings. The summed E-state index contributed by atoms with van der Waals surface area (Å²) in [4.78, 5) is 39.9. The number of nitrogens with zero attached hydrogens (tertiary/aromatic N) is 2. The Kier molecular flexibility index (Phi) is 7.48. The number of aliphatic carboxylic acids is 1. The molecule has 0 radical (unpaired) electrons. The molecule has 1 saturated heterocycles. The maximum absolute atomic E-state index is 13.4. The number of Topliss-reactive ketones (excluding diaryl/α,β-unsaturated/α-hetero) is 1. The number of hydrogen-bond acceptors (Lipinski definition) is 5. The zero-order valence-electron chi connectivity index (χ0n) is 18.6. The highest BCUT2D eigenvalue weighted by Gasteiger charge is 2.45. The normalized spacial score (nSPS) is 17.4. The molecule has 1 aliphatic heterocycles. The number of carbonyl (C=O) groups excluding carboxylic acids is 2. The molecular weight excluding hydrogens is 427 g/mol. The molecule has 1 amide bonds. The largest absolute Gasteiger partial charge is 0.507 e. The Morgan fingerprint density at radius 2 is 1.61 bits per heavy atom. The Hall–Kier alpha value is -3.68. The van der Waals surface area contributed by atoms with Crippen LogP contribution in [0, 0.1) is 5.82 Å². The van der Waals surface area contributed by atoms with Crippen LogP contribution in [0.4, 0.5) is 10.1 Å². The van der Waals surface area contributed by atoms with Gasteiger partial charge >= 0.3 is 5.97 Å². The molecule has 7 nitrogen and oxygen atoms in total. The van der Waals surface area contributed by atoms with Gasteiger partial charge in [0.1, 0.15) is 11.6 Å². The second-order valence-electron chi connectivity index (χ2n) is 8.19. The number of likely N-dealkylation sites (tertiary alicyclic amines) is 1. The lowest BCUT2D eigenvalue weighted by Gasteiger charge is -2.26. The Morgan fingerprint density at radius 3 is 2.18 bits per heavy atom. The van der Waals surface area contributed by atoms with Crippen molar-refractivity contribution in [2.75, 3.05) is 25.5 Å². The van der Waals surface area contributed by atoms with Gasteiger partial charge in [0.05, 0.1) is 11.6 Å². The zero-order valence-corrected chi connectivity index (χ0v) is 18.6. The van der Waals surface area contributed by atoms with E-state index in [1.807, 2.05) is 31.1 Å². The number of unbranched alkanes of at least 4 members (excludes halogenated alkanes) is 2. The molecule has 2 aromatic rings. The van der Waals surface area contributed by atoms with Gasteiger partial charge in [-0.25, -0.2) is 4.39 Å². The minimum atomic E-state index is -0.879.